The standard InChI is InChI=1S/C10H21N3O2/c1-12(2)5-6-13(10(14)15)8-9-3-4-11-7-9/h9,11H,3-8H2,1-2H3,(H,14,15). The van der Waals surface area contributed by atoms with Gasteiger partial charge in [0, 0.05) is 19.6 Å². The van der Waals surface area contributed by atoms with Crippen LogP contribution in [0.1, 0.15) is 6.42 Å². The third-order valence-corrected chi connectivity index (χ3v) is 2.73. The van der Waals surface area contributed by atoms with E-state index in [9.17, 15) is 4.79 Å². The predicted octanol–water partition coefficient (Wildman–Crippen LogP) is 0.138. The number of carboxylic acid groups (broad SMARTS) is 1. The summed E-state index contributed by atoms with van der Waals surface area (Å²) in [4.78, 5) is 14.5. The van der Waals surface area contributed by atoms with Crippen molar-refractivity contribution in [2.45, 2.75) is 6.42 Å². The van der Waals surface area contributed by atoms with Crippen molar-refractivity contribution in [2.24, 2.45) is 5.92 Å². The molecule has 0 saturated carbocycles. The molecule has 15 heavy (non-hydrogen) atoms. The molecular formula is C10H21N3O2. The van der Waals surface area contributed by atoms with Gasteiger partial charge >= 0.3 is 6.09 Å². The Morgan fingerprint density at radius 1 is 1.47 bits per heavy atom. The Hall–Kier alpha value is -0.810. The second kappa shape index (κ2) is 5.92. The Balaban J connectivity index is 2.32. The molecule has 1 fully saturated rings. The SMILES string of the molecule is CN(C)CCN(CC1CCNC1)C(=O)O. The topological polar surface area (TPSA) is 55.8 Å². The van der Waals surface area contributed by atoms with Crippen molar-refractivity contribution in [1.82, 2.24) is 15.1 Å². The molecule has 0 aromatic carbocycles. The van der Waals surface area contributed by atoms with Crippen LogP contribution in [0.5, 0.6) is 0 Å². The lowest BCUT2D eigenvalue weighted by molar-refractivity contribution is 0.133. The first-order chi connectivity index (χ1) is 7.09. The zero-order valence-corrected chi connectivity index (χ0v) is 9.57. The first kappa shape index (κ1) is 12.3. The number of amides is 1. The van der Waals surface area contributed by atoms with Gasteiger partial charge in [-0.25, -0.2) is 4.79 Å². The molecule has 0 aromatic rings. The molecule has 2 N–H and O–H groups in total. The average molecular weight is 215 g/mol. The van der Waals surface area contributed by atoms with Crippen molar-refractivity contribution in [1.29, 1.82) is 0 Å². The molecule has 1 aliphatic rings. The van der Waals surface area contributed by atoms with Gasteiger partial charge in [-0.1, -0.05) is 0 Å². The lowest BCUT2D eigenvalue weighted by Gasteiger charge is -2.23. The number of nitrogens with one attached hydrogen (secondary N) is 1. The summed E-state index contributed by atoms with van der Waals surface area (Å²) in [7, 11) is 3.91. The molecule has 0 radical (unpaired) electrons. The molecule has 1 amide bonds. The first-order valence-corrected chi connectivity index (χ1v) is 5.43. The maximum absolute atomic E-state index is 11.0. The molecule has 1 unspecified atom stereocenters. The number of hydrogen-bond acceptors (Lipinski definition) is 3. The van der Waals surface area contributed by atoms with Gasteiger partial charge in [-0.05, 0) is 39.5 Å². The molecule has 1 rings (SSSR count). The minimum atomic E-state index is -0.802. The fourth-order valence-electron chi connectivity index (χ4n) is 1.77. The minimum absolute atomic E-state index is 0.489. The van der Waals surface area contributed by atoms with E-state index in [4.69, 9.17) is 5.11 Å². The van der Waals surface area contributed by atoms with Crippen LogP contribution in [0, 0.1) is 5.92 Å². The summed E-state index contributed by atoms with van der Waals surface area (Å²) in [5.41, 5.74) is 0. The van der Waals surface area contributed by atoms with Crippen LogP contribution in [0.2, 0.25) is 0 Å². The zero-order chi connectivity index (χ0) is 11.3. The van der Waals surface area contributed by atoms with Crippen LogP contribution >= 0.6 is 0 Å². The zero-order valence-electron chi connectivity index (χ0n) is 9.57. The van der Waals surface area contributed by atoms with E-state index in [1.165, 1.54) is 4.90 Å². The molecule has 1 saturated heterocycles. The summed E-state index contributed by atoms with van der Waals surface area (Å²) in [6.07, 6.45) is 0.287. The van der Waals surface area contributed by atoms with Gasteiger partial charge < -0.3 is 20.2 Å². The maximum atomic E-state index is 11.0. The van der Waals surface area contributed by atoms with Crippen molar-refractivity contribution in [2.75, 3.05) is 46.8 Å². The molecule has 1 heterocycles. The van der Waals surface area contributed by atoms with E-state index in [2.05, 4.69) is 5.32 Å². The molecule has 0 bridgehead atoms. The van der Waals surface area contributed by atoms with Crippen LogP contribution in [0.15, 0.2) is 0 Å². The lowest BCUT2D eigenvalue weighted by Crippen LogP contribution is -2.39. The highest BCUT2D eigenvalue weighted by Crippen LogP contribution is 2.09. The predicted molar refractivity (Wildman–Crippen MR) is 59.1 cm³/mol. The highest BCUT2D eigenvalue weighted by molar-refractivity contribution is 5.64. The Labute approximate surface area is 91.0 Å². The van der Waals surface area contributed by atoms with Crippen LogP contribution in [0.25, 0.3) is 0 Å². The Morgan fingerprint density at radius 2 is 2.20 bits per heavy atom. The fraction of sp³-hybridized carbons (Fsp3) is 0.900. The Kier molecular flexibility index (Phi) is 4.84. The van der Waals surface area contributed by atoms with Gasteiger partial charge in [-0.15, -0.1) is 0 Å². The van der Waals surface area contributed by atoms with E-state index in [1.54, 1.807) is 0 Å². The average Bonchev–Trinajstić information content (AvgIpc) is 2.63. The Bertz CT molecular complexity index is 203. The molecule has 0 aromatic heterocycles. The normalized spacial score (nSPS) is 20.9. The summed E-state index contributed by atoms with van der Waals surface area (Å²) in [6, 6.07) is 0. The van der Waals surface area contributed by atoms with Crippen molar-refractivity contribution >= 4 is 6.09 Å². The molecule has 0 spiro atoms. The highest BCUT2D eigenvalue weighted by Gasteiger charge is 2.20. The smallest absolute Gasteiger partial charge is 0.407 e. The van der Waals surface area contributed by atoms with E-state index in [0.717, 1.165) is 26.1 Å². The lowest BCUT2D eigenvalue weighted by atomic mass is 10.1. The highest BCUT2D eigenvalue weighted by atomic mass is 16.4. The van der Waals surface area contributed by atoms with Crippen molar-refractivity contribution in [3.63, 3.8) is 0 Å². The van der Waals surface area contributed by atoms with Gasteiger partial charge in [-0.3, -0.25) is 0 Å². The third-order valence-electron chi connectivity index (χ3n) is 2.73. The number of rotatable bonds is 5. The summed E-state index contributed by atoms with van der Waals surface area (Å²) in [5.74, 6) is 0.489. The Morgan fingerprint density at radius 3 is 2.67 bits per heavy atom. The summed E-state index contributed by atoms with van der Waals surface area (Å²) >= 11 is 0. The summed E-state index contributed by atoms with van der Waals surface area (Å²) in [5, 5.41) is 12.3. The second-order valence-corrected chi connectivity index (χ2v) is 4.39. The molecule has 88 valence electrons. The van der Waals surface area contributed by atoms with Crippen molar-refractivity contribution in [3.05, 3.63) is 0 Å². The largest absolute Gasteiger partial charge is 0.465 e. The molecular weight excluding hydrogens is 194 g/mol. The van der Waals surface area contributed by atoms with Crippen LogP contribution in [0.4, 0.5) is 4.79 Å². The van der Waals surface area contributed by atoms with Gasteiger partial charge in [-0.2, -0.15) is 0 Å². The maximum Gasteiger partial charge on any atom is 0.407 e. The summed E-state index contributed by atoms with van der Waals surface area (Å²) in [6.45, 7) is 4.01. The van der Waals surface area contributed by atoms with Gasteiger partial charge in [0.2, 0.25) is 0 Å². The van der Waals surface area contributed by atoms with Crippen molar-refractivity contribution < 1.29 is 9.90 Å². The van der Waals surface area contributed by atoms with Gasteiger partial charge in [0.1, 0.15) is 0 Å². The fourth-order valence-corrected chi connectivity index (χ4v) is 1.77. The van der Waals surface area contributed by atoms with Gasteiger partial charge in [0.05, 0.1) is 0 Å². The number of likely N-dealkylation sites (N-methyl/N-ethyl adjacent to an activating group) is 1. The summed E-state index contributed by atoms with van der Waals surface area (Å²) < 4.78 is 0. The van der Waals surface area contributed by atoms with E-state index in [1.807, 2.05) is 19.0 Å². The van der Waals surface area contributed by atoms with Gasteiger partial charge in [0.25, 0.3) is 0 Å². The molecule has 5 heteroatoms. The monoisotopic (exact) mass is 215 g/mol. The number of carbonyl (C=O) groups is 1. The molecule has 1 atom stereocenters. The van der Waals surface area contributed by atoms with E-state index < -0.39 is 6.09 Å². The molecule has 5 nitrogen and oxygen atoms in total. The molecule has 0 aliphatic carbocycles. The van der Waals surface area contributed by atoms with Crippen molar-refractivity contribution in [3.8, 4) is 0 Å². The quantitative estimate of drug-likeness (QED) is 0.685. The number of nitrogens with zero attached hydrogens (tertiary/aromatic N) is 2. The van der Waals surface area contributed by atoms with Gasteiger partial charge in [0.15, 0.2) is 0 Å². The second-order valence-electron chi connectivity index (χ2n) is 4.39. The van der Waals surface area contributed by atoms with Crippen LogP contribution in [0.3, 0.4) is 0 Å². The van der Waals surface area contributed by atoms with E-state index in [-0.39, 0.29) is 0 Å². The van der Waals surface area contributed by atoms with E-state index in [0.29, 0.717) is 19.0 Å². The first-order valence-electron chi connectivity index (χ1n) is 5.43. The van der Waals surface area contributed by atoms with Crippen LogP contribution in [-0.4, -0.2) is 67.8 Å². The van der Waals surface area contributed by atoms with E-state index >= 15 is 0 Å². The third kappa shape index (κ3) is 4.48. The number of hydrogen-bond donors (Lipinski definition) is 2. The van der Waals surface area contributed by atoms with Crippen LogP contribution < -0.4 is 5.32 Å². The molecule has 1 aliphatic heterocycles. The van der Waals surface area contributed by atoms with Crippen LogP contribution in [-0.2, 0) is 0 Å². The minimum Gasteiger partial charge on any atom is -0.465 e.